The minimum Gasteiger partial charge on any atom is -0.493 e. The molecule has 1 amide bonds. The van der Waals surface area contributed by atoms with E-state index in [0.29, 0.717) is 17.1 Å². The fraction of sp³-hybridized carbons (Fsp3) is 0.222. The summed E-state index contributed by atoms with van der Waals surface area (Å²) in [6, 6.07) is 9.28. The lowest BCUT2D eigenvalue weighted by molar-refractivity contribution is 0.0940. The van der Waals surface area contributed by atoms with E-state index in [4.69, 9.17) is 9.47 Å². The zero-order valence-corrected chi connectivity index (χ0v) is 15.0. The zero-order valence-electron chi connectivity index (χ0n) is 14.2. The molecule has 0 bridgehead atoms. The van der Waals surface area contributed by atoms with Gasteiger partial charge in [-0.15, -0.1) is 11.3 Å². The van der Waals surface area contributed by atoms with Crippen LogP contribution in [0.1, 0.15) is 28.9 Å². The number of carbonyl (C=O) groups is 1. The van der Waals surface area contributed by atoms with E-state index in [2.05, 4.69) is 15.5 Å². The Morgan fingerprint density at radius 1 is 1.24 bits per heavy atom. The quantitative estimate of drug-likeness (QED) is 0.706. The predicted octanol–water partition coefficient (Wildman–Crippen LogP) is 3.65. The lowest BCUT2D eigenvalue weighted by atomic mass is 10.1. The first-order chi connectivity index (χ1) is 12.1. The summed E-state index contributed by atoms with van der Waals surface area (Å²) < 4.78 is 10.6. The molecule has 0 aliphatic heterocycles. The maximum absolute atomic E-state index is 12.7. The van der Waals surface area contributed by atoms with Gasteiger partial charge in [-0.2, -0.15) is 5.10 Å². The van der Waals surface area contributed by atoms with E-state index in [-0.39, 0.29) is 11.9 Å². The van der Waals surface area contributed by atoms with Gasteiger partial charge in [0.1, 0.15) is 0 Å². The maximum Gasteiger partial charge on any atom is 0.255 e. The first-order valence-electron chi connectivity index (χ1n) is 7.74. The molecule has 3 rings (SSSR count). The Morgan fingerprint density at radius 2 is 2.04 bits per heavy atom. The van der Waals surface area contributed by atoms with Gasteiger partial charge in [0.2, 0.25) is 0 Å². The third kappa shape index (κ3) is 3.51. The summed E-state index contributed by atoms with van der Waals surface area (Å²) in [4.78, 5) is 13.6. The van der Waals surface area contributed by atoms with Crippen molar-refractivity contribution in [3.05, 3.63) is 53.0 Å². The molecule has 130 valence electrons. The molecule has 1 unspecified atom stereocenters. The second kappa shape index (κ2) is 7.40. The first-order valence-corrected chi connectivity index (χ1v) is 8.62. The van der Waals surface area contributed by atoms with Crippen LogP contribution < -0.4 is 14.8 Å². The number of aromatic nitrogens is 2. The molecular formula is C18H19N3O3S. The second-order valence-corrected chi connectivity index (χ2v) is 6.39. The molecule has 2 N–H and O–H groups in total. The summed E-state index contributed by atoms with van der Waals surface area (Å²) in [5, 5.41) is 11.9. The normalized spacial score (nSPS) is 11.8. The van der Waals surface area contributed by atoms with Crippen molar-refractivity contribution in [2.75, 3.05) is 14.2 Å². The fourth-order valence-corrected chi connectivity index (χ4v) is 3.28. The fourth-order valence-electron chi connectivity index (χ4n) is 2.55. The predicted molar refractivity (Wildman–Crippen MR) is 97.3 cm³/mol. The summed E-state index contributed by atoms with van der Waals surface area (Å²) in [6.07, 6.45) is 1.55. The molecule has 2 aromatic heterocycles. The Hall–Kier alpha value is -2.80. The van der Waals surface area contributed by atoms with Gasteiger partial charge in [-0.25, -0.2) is 0 Å². The molecule has 1 atom stereocenters. The van der Waals surface area contributed by atoms with Crippen LogP contribution >= 0.6 is 11.3 Å². The first kappa shape index (κ1) is 17.0. The van der Waals surface area contributed by atoms with Gasteiger partial charge in [-0.1, -0.05) is 12.1 Å². The van der Waals surface area contributed by atoms with Crippen LogP contribution in [0.15, 0.2) is 41.9 Å². The number of benzene rings is 1. The van der Waals surface area contributed by atoms with E-state index in [1.165, 1.54) is 0 Å². The lowest BCUT2D eigenvalue weighted by Gasteiger charge is -2.16. The van der Waals surface area contributed by atoms with Crippen molar-refractivity contribution in [3.8, 4) is 22.1 Å². The standard InChI is InChI=1S/C18H19N3O3S/c1-11(12-6-7-14(23-2)15(9-12)24-3)20-18(22)13-10-19-21-17(13)16-5-4-8-25-16/h4-11H,1-3H3,(H,19,21)(H,20,22). The number of carbonyl (C=O) groups excluding carboxylic acids is 1. The summed E-state index contributed by atoms with van der Waals surface area (Å²) in [5.74, 6) is 1.10. The number of ether oxygens (including phenoxy) is 2. The summed E-state index contributed by atoms with van der Waals surface area (Å²) in [6.45, 7) is 1.92. The zero-order chi connectivity index (χ0) is 17.8. The smallest absolute Gasteiger partial charge is 0.255 e. The van der Waals surface area contributed by atoms with Crippen molar-refractivity contribution < 1.29 is 14.3 Å². The van der Waals surface area contributed by atoms with Gasteiger partial charge in [0.25, 0.3) is 5.91 Å². The monoisotopic (exact) mass is 357 g/mol. The third-order valence-corrected chi connectivity index (χ3v) is 4.79. The van der Waals surface area contributed by atoms with Gasteiger partial charge in [0, 0.05) is 0 Å². The van der Waals surface area contributed by atoms with Crippen molar-refractivity contribution in [3.63, 3.8) is 0 Å². The average molecular weight is 357 g/mol. The molecule has 0 aliphatic rings. The molecule has 0 radical (unpaired) electrons. The van der Waals surface area contributed by atoms with Crippen LogP contribution in [0.2, 0.25) is 0 Å². The topological polar surface area (TPSA) is 76.2 Å². The average Bonchev–Trinajstić information content (AvgIpc) is 3.31. The van der Waals surface area contributed by atoms with Crippen LogP contribution in [0.25, 0.3) is 10.6 Å². The van der Waals surface area contributed by atoms with Gasteiger partial charge < -0.3 is 14.8 Å². The van der Waals surface area contributed by atoms with Gasteiger partial charge in [-0.3, -0.25) is 9.89 Å². The maximum atomic E-state index is 12.7. The van der Waals surface area contributed by atoms with Gasteiger partial charge in [0.15, 0.2) is 11.5 Å². The Kier molecular flexibility index (Phi) is 5.04. The minimum atomic E-state index is -0.196. The number of nitrogens with zero attached hydrogens (tertiary/aromatic N) is 1. The van der Waals surface area contributed by atoms with Crippen LogP contribution in [0, 0.1) is 0 Å². The number of amides is 1. The summed E-state index contributed by atoms with van der Waals surface area (Å²) in [5.41, 5.74) is 2.17. The Morgan fingerprint density at radius 3 is 2.72 bits per heavy atom. The molecule has 0 saturated heterocycles. The van der Waals surface area contributed by atoms with E-state index >= 15 is 0 Å². The number of rotatable bonds is 6. The van der Waals surface area contributed by atoms with Crippen molar-refractivity contribution in [1.82, 2.24) is 15.5 Å². The minimum absolute atomic E-state index is 0.181. The molecular weight excluding hydrogens is 338 g/mol. The van der Waals surface area contributed by atoms with Crippen LogP contribution in [-0.2, 0) is 0 Å². The molecule has 0 spiro atoms. The Bertz CT molecular complexity index is 858. The van der Waals surface area contributed by atoms with Crippen molar-refractivity contribution in [2.24, 2.45) is 0 Å². The number of methoxy groups -OCH3 is 2. The molecule has 7 heteroatoms. The number of H-pyrrole nitrogens is 1. The van der Waals surface area contributed by atoms with E-state index < -0.39 is 0 Å². The third-order valence-electron chi connectivity index (χ3n) is 3.91. The molecule has 2 heterocycles. The second-order valence-electron chi connectivity index (χ2n) is 5.45. The largest absolute Gasteiger partial charge is 0.493 e. The highest BCUT2D eigenvalue weighted by molar-refractivity contribution is 7.13. The number of hydrogen-bond donors (Lipinski definition) is 2. The van der Waals surface area contributed by atoms with Crippen molar-refractivity contribution in [2.45, 2.75) is 13.0 Å². The molecule has 0 fully saturated rings. The van der Waals surface area contributed by atoms with Crippen LogP contribution in [0.3, 0.4) is 0 Å². The highest BCUT2D eigenvalue weighted by Gasteiger charge is 2.19. The van der Waals surface area contributed by atoms with Crippen LogP contribution in [0.4, 0.5) is 0 Å². The van der Waals surface area contributed by atoms with E-state index in [0.717, 1.165) is 16.1 Å². The molecule has 25 heavy (non-hydrogen) atoms. The van der Waals surface area contributed by atoms with E-state index in [9.17, 15) is 4.79 Å². The van der Waals surface area contributed by atoms with E-state index in [1.54, 1.807) is 31.8 Å². The summed E-state index contributed by atoms with van der Waals surface area (Å²) in [7, 11) is 3.18. The van der Waals surface area contributed by atoms with Crippen molar-refractivity contribution >= 4 is 17.2 Å². The van der Waals surface area contributed by atoms with E-state index in [1.807, 2.05) is 42.6 Å². The molecule has 1 aromatic carbocycles. The number of hydrogen-bond acceptors (Lipinski definition) is 5. The lowest BCUT2D eigenvalue weighted by Crippen LogP contribution is -2.26. The number of aromatic amines is 1. The van der Waals surface area contributed by atoms with Crippen LogP contribution in [0.5, 0.6) is 11.5 Å². The van der Waals surface area contributed by atoms with Crippen molar-refractivity contribution in [1.29, 1.82) is 0 Å². The highest BCUT2D eigenvalue weighted by atomic mass is 32.1. The Balaban J connectivity index is 1.79. The highest BCUT2D eigenvalue weighted by Crippen LogP contribution is 2.30. The molecule has 0 aliphatic carbocycles. The molecule has 0 saturated carbocycles. The van der Waals surface area contributed by atoms with Gasteiger partial charge >= 0.3 is 0 Å². The number of thiophene rings is 1. The molecule has 3 aromatic rings. The SMILES string of the molecule is COc1ccc(C(C)NC(=O)c2cn[nH]c2-c2cccs2)cc1OC. The van der Waals surface area contributed by atoms with Gasteiger partial charge in [-0.05, 0) is 36.1 Å². The molecule has 6 nitrogen and oxygen atoms in total. The number of nitrogens with one attached hydrogen (secondary N) is 2. The summed E-state index contributed by atoms with van der Waals surface area (Å²) >= 11 is 1.55. The Labute approximate surface area is 149 Å². The van der Waals surface area contributed by atoms with Gasteiger partial charge in [0.05, 0.1) is 42.6 Å². The van der Waals surface area contributed by atoms with Crippen LogP contribution in [-0.4, -0.2) is 30.3 Å².